The van der Waals surface area contributed by atoms with E-state index in [1.807, 2.05) is 54.5 Å². The second kappa shape index (κ2) is 7.24. The molecule has 118 valence electrons. The van der Waals surface area contributed by atoms with Crippen LogP contribution in [0.1, 0.15) is 11.1 Å². The molecule has 0 radical (unpaired) electrons. The standard InChI is InChI=1S/C18H19N3OS/c1-21-18(19-12-14-6-4-3-5-7-14)23-13-17(20-21)15-8-10-16(22-2)11-9-15/h3-11,13,20H,12H2,1-2H3. The third-order valence-corrected chi connectivity index (χ3v) is 4.47. The lowest BCUT2D eigenvalue weighted by Crippen LogP contribution is -2.39. The van der Waals surface area contributed by atoms with Crippen molar-refractivity contribution in [2.45, 2.75) is 6.54 Å². The molecule has 0 atom stereocenters. The summed E-state index contributed by atoms with van der Waals surface area (Å²) in [6.07, 6.45) is 0. The van der Waals surface area contributed by atoms with E-state index >= 15 is 0 Å². The van der Waals surface area contributed by atoms with E-state index in [2.05, 4.69) is 28.0 Å². The Morgan fingerprint density at radius 1 is 1.09 bits per heavy atom. The molecule has 2 aromatic rings. The Kier molecular flexibility index (Phi) is 4.88. The maximum Gasteiger partial charge on any atom is 0.182 e. The van der Waals surface area contributed by atoms with E-state index in [0.717, 1.165) is 22.2 Å². The first-order chi connectivity index (χ1) is 11.3. The van der Waals surface area contributed by atoms with E-state index in [9.17, 15) is 0 Å². The lowest BCUT2D eigenvalue weighted by atomic mass is 10.2. The number of nitrogens with one attached hydrogen (secondary N) is 1. The van der Waals surface area contributed by atoms with Crippen LogP contribution in [0, 0.1) is 0 Å². The zero-order chi connectivity index (χ0) is 16.1. The van der Waals surface area contributed by atoms with Crippen LogP contribution in [0.4, 0.5) is 0 Å². The summed E-state index contributed by atoms with van der Waals surface area (Å²) in [6, 6.07) is 18.3. The van der Waals surface area contributed by atoms with E-state index in [1.54, 1.807) is 18.9 Å². The van der Waals surface area contributed by atoms with E-state index < -0.39 is 0 Å². The molecule has 4 nitrogen and oxygen atoms in total. The zero-order valence-electron chi connectivity index (χ0n) is 13.2. The lowest BCUT2D eigenvalue weighted by molar-refractivity contribution is 0.414. The molecule has 1 aliphatic rings. The van der Waals surface area contributed by atoms with Gasteiger partial charge in [0.05, 0.1) is 19.4 Å². The molecule has 5 heteroatoms. The van der Waals surface area contributed by atoms with Crippen molar-refractivity contribution in [3.8, 4) is 5.75 Å². The average Bonchev–Trinajstić information content (AvgIpc) is 2.61. The molecule has 0 aliphatic carbocycles. The highest BCUT2D eigenvalue weighted by Gasteiger charge is 2.15. The smallest absolute Gasteiger partial charge is 0.182 e. The number of ether oxygens (including phenoxy) is 1. The summed E-state index contributed by atoms with van der Waals surface area (Å²) in [5, 5.41) is 4.99. The summed E-state index contributed by atoms with van der Waals surface area (Å²) in [7, 11) is 3.65. The first-order valence-corrected chi connectivity index (χ1v) is 8.24. The second-order valence-corrected chi connectivity index (χ2v) is 5.97. The molecule has 3 rings (SSSR count). The topological polar surface area (TPSA) is 36.9 Å². The number of hydrogen-bond acceptors (Lipinski definition) is 4. The number of methoxy groups -OCH3 is 1. The van der Waals surface area contributed by atoms with E-state index in [0.29, 0.717) is 6.54 Å². The second-order valence-electron chi connectivity index (χ2n) is 5.13. The molecular formula is C18H19N3OS. The molecule has 0 unspecified atom stereocenters. The molecule has 1 aliphatic heterocycles. The fourth-order valence-electron chi connectivity index (χ4n) is 2.23. The molecule has 0 bridgehead atoms. The molecule has 1 N–H and O–H groups in total. The van der Waals surface area contributed by atoms with Crippen LogP contribution in [-0.2, 0) is 6.54 Å². The van der Waals surface area contributed by atoms with Crippen molar-refractivity contribution >= 4 is 22.6 Å². The van der Waals surface area contributed by atoms with Crippen molar-refractivity contribution in [1.82, 2.24) is 10.4 Å². The van der Waals surface area contributed by atoms with Crippen molar-refractivity contribution in [1.29, 1.82) is 0 Å². The van der Waals surface area contributed by atoms with Gasteiger partial charge in [-0.2, -0.15) is 0 Å². The number of rotatable bonds is 4. The van der Waals surface area contributed by atoms with E-state index in [4.69, 9.17) is 4.74 Å². The number of nitrogens with zero attached hydrogens (tertiary/aromatic N) is 2. The SMILES string of the molecule is COc1ccc(C2=CSC(=NCc3ccccc3)N(C)N2)cc1. The van der Waals surface area contributed by atoms with Gasteiger partial charge in [0.15, 0.2) is 5.17 Å². The molecule has 0 saturated carbocycles. The average molecular weight is 325 g/mol. The maximum absolute atomic E-state index is 5.19. The van der Waals surface area contributed by atoms with Crippen LogP contribution in [0.3, 0.4) is 0 Å². The first kappa shape index (κ1) is 15.5. The Hall–Kier alpha value is -2.40. The van der Waals surface area contributed by atoms with Crippen LogP contribution < -0.4 is 10.2 Å². The summed E-state index contributed by atoms with van der Waals surface area (Å²) < 4.78 is 5.19. The van der Waals surface area contributed by atoms with Crippen molar-refractivity contribution in [2.75, 3.05) is 14.2 Å². The monoisotopic (exact) mass is 325 g/mol. The molecule has 2 aromatic carbocycles. The van der Waals surface area contributed by atoms with Crippen LogP contribution in [0.5, 0.6) is 5.75 Å². The third-order valence-electron chi connectivity index (χ3n) is 3.50. The van der Waals surface area contributed by atoms with Gasteiger partial charge in [0, 0.05) is 18.0 Å². The van der Waals surface area contributed by atoms with Gasteiger partial charge in [-0.25, -0.2) is 0 Å². The number of amidine groups is 1. The van der Waals surface area contributed by atoms with Crippen molar-refractivity contribution in [3.63, 3.8) is 0 Å². The number of hydrogen-bond donors (Lipinski definition) is 1. The van der Waals surface area contributed by atoms with Gasteiger partial charge in [-0.05, 0) is 29.8 Å². The Balaban J connectivity index is 1.70. The van der Waals surface area contributed by atoms with Gasteiger partial charge in [-0.3, -0.25) is 15.4 Å². The summed E-state index contributed by atoms with van der Waals surface area (Å²) >= 11 is 1.62. The molecule has 1 heterocycles. The fraction of sp³-hybridized carbons (Fsp3) is 0.167. The van der Waals surface area contributed by atoms with Gasteiger partial charge in [0.2, 0.25) is 0 Å². The van der Waals surface area contributed by atoms with Gasteiger partial charge in [-0.15, -0.1) is 0 Å². The Labute approximate surface area is 140 Å². The van der Waals surface area contributed by atoms with Crippen LogP contribution >= 0.6 is 11.8 Å². The highest BCUT2D eigenvalue weighted by molar-refractivity contribution is 8.16. The minimum atomic E-state index is 0.681. The number of hydrazine groups is 1. The molecule has 23 heavy (non-hydrogen) atoms. The largest absolute Gasteiger partial charge is 0.497 e. The molecular weight excluding hydrogens is 306 g/mol. The Morgan fingerprint density at radius 2 is 1.83 bits per heavy atom. The van der Waals surface area contributed by atoms with Crippen LogP contribution in [-0.4, -0.2) is 24.3 Å². The predicted molar refractivity (Wildman–Crippen MR) is 97.0 cm³/mol. The van der Waals surface area contributed by atoms with Crippen molar-refractivity contribution < 1.29 is 4.74 Å². The summed E-state index contributed by atoms with van der Waals surface area (Å²) in [6.45, 7) is 0.681. The zero-order valence-corrected chi connectivity index (χ0v) is 14.0. The fourth-order valence-corrected chi connectivity index (χ4v) is 2.99. The Bertz CT molecular complexity index is 711. The van der Waals surface area contributed by atoms with Crippen LogP contribution in [0.15, 0.2) is 65.0 Å². The predicted octanol–water partition coefficient (Wildman–Crippen LogP) is 3.73. The van der Waals surface area contributed by atoms with Gasteiger partial charge >= 0.3 is 0 Å². The molecule has 0 amide bonds. The molecule has 0 fully saturated rings. The van der Waals surface area contributed by atoms with Gasteiger partial charge in [-0.1, -0.05) is 42.1 Å². The molecule has 0 spiro atoms. The van der Waals surface area contributed by atoms with E-state index in [1.165, 1.54) is 5.56 Å². The number of thioether (sulfide) groups is 1. The van der Waals surface area contributed by atoms with Crippen LogP contribution in [0.25, 0.3) is 5.70 Å². The quantitative estimate of drug-likeness (QED) is 0.929. The normalized spacial score (nSPS) is 16.0. The first-order valence-electron chi connectivity index (χ1n) is 7.36. The minimum absolute atomic E-state index is 0.681. The summed E-state index contributed by atoms with van der Waals surface area (Å²) in [4.78, 5) is 4.67. The molecule has 0 aromatic heterocycles. The third kappa shape index (κ3) is 3.87. The lowest BCUT2D eigenvalue weighted by Gasteiger charge is -2.28. The highest BCUT2D eigenvalue weighted by Crippen LogP contribution is 2.25. The highest BCUT2D eigenvalue weighted by atomic mass is 32.2. The van der Waals surface area contributed by atoms with Crippen LogP contribution in [0.2, 0.25) is 0 Å². The van der Waals surface area contributed by atoms with Crippen molar-refractivity contribution in [3.05, 3.63) is 71.1 Å². The number of benzene rings is 2. The maximum atomic E-state index is 5.19. The summed E-state index contributed by atoms with van der Waals surface area (Å²) in [5.74, 6) is 0.858. The van der Waals surface area contributed by atoms with E-state index in [-0.39, 0.29) is 0 Å². The van der Waals surface area contributed by atoms with Gasteiger partial charge in [0.25, 0.3) is 0 Å². The Morgan fingerprint density at radius 3 is 2.48 bits per heavy atom. The summed E-state index contributed by atoms with van der Waals surface area (Å²) in [5.41, 5.74) is 6.74. The van der Waals surface area contributed by atoms with Crippen molar-refractivity contribution in [2.24, 2.45) is 4.99 Å². The number of aliphatic imine (C=N–C) groups is 1. The minimum Gasteiger partial charge on any atom is -0.497 e. The van der Waals surface area contributed by atoms with Gasteiger partial charge < -0.3 is 4.74 Å². The molecule has 0 saturated heterocycles. The van der Waals surface area contributed by atoms with Gasteiger partial charge in [0.1, 0.15) is 5.75 Å².